The standard InChI is InChI=1S/C10H12N4O2/c1-12-7-5-11-14(6-3-4-6)8(7)9(15)13(2)10(12)16/h5-6H,3-4H2,1-2H3. The Hall–Kier alpha value is -1.85. The molecule has 0 spiro atoms. The van der Waals surface area contributed by atoms with Gasteiger partial charge in [-0.2, -0.15) is 5.10 Å². The Balaban J connectivity index is 2.53. The van der Waals surface area contributed by atoms with Crippen molar-refractivity contribution in [3.63, 3.8) is 0 Å². The summed E-state index contributed by atoms with van der Waals surface area (Å²) >= 11 is 0. The van der Waals surface area contributed by atoms with Crippen LogP contribution in [0.15, 0.2) is 15.8 Å². The van der Waals surface area contributed by atoms with Crippen LogP contribution in [0.25, 0.3) is 11.0 Å². The van der Waals surface area contributed by atoms with E-state index in [4.69, 9.17) is 0 Å². The molecule has 0 radical (unpaired) electrons. The first-order chi connectivity index (χ1) is 7.61. The van der Waals surface area contributed by atoms with Crippen molar-refractivity contribution in [2.45, 2.75) is 18.9 Å². The van der Waals surface area contributed by atoms with Crippen molar-refractivity contribution in [1.29, 1.82) is 0 Å². The fraction of sp³-hybridized carbons (Fsp3) is 0.500. The van der Waals surface area contributed by atoms with E-state index in [1.165, 1.54) is 11.6 Å². The summed E-state index contributed by atoms with van der Waals surface area (Å²) < 4.78 is 4.34. The van der Waals surface area contributed by atoms with Gasteiger partial charge in [0.2, 0.25) is 0 Å². The topological polar surface area (TPSA) is 61.8 Å². The molecule has 2 heterocycles. The molecule has 0 bridgehead atoms. The summed E-state index contributed by atoms with van der Waals surface area (Å²) in [5.74, 6) is 0. The second-order valence-electron chi connectivity index (χ2n) is 4.26. The van der Waals surface area contributed by atoms with Crippen molar-refractivity contribution in [1.82, 2.24) is 18.9 Å². The molecular formula is C10H12N4O2. The SMILES string of the molecule is Cn1c(=O)c2c(cnn2C2CC2)n(C)c1=O. The van der Waals surface area contributed by atoms with Crippen LogP contribution >= 0.6 is 0 Å². The predicted molar refractivity (Wildman–Crippen MR) is 58.5 cm³/mol. The number of rotatable bonds is 1. The van der Waals surface area contributed by atoms with Crippen molar-refractivity contribution in [2.24, 2.45) is 14.1 Å². The summed E-state index contributed by atoms with van der Waals surface area (Å²) in [6.45, 7) is 0. The number of nitrogens with zero attached hydrogens (tertiary/aromatic N) is 4. The van der Waals surface area contributed by atoms with Crippen LogP contribution < -0.4 is 11.2 Å². The molecular weight excluding hydrogens is 208 g/mol. The zero-order valence-electron chi connectivity index (χ0n) is 9.17. The molecule has 0 unspecified atom stereocenters. The maximum Gasteiger partial charge on any atom is 0.331 e. The summed E-state index contributed by atoms with van der Waals surface area (Å²) in [4.78, 5) is 23.7. The quantitative estimate of drug-likeness (QED) is 0.667. The molecule has 1 saturated carbocycles. The van der Waals surface area contributed by atoms with Crippen molar-refractivity contribution in [3.05, 3.63) is 27.0 Å². The summed E-state index contributed by atoms with van der Waals surface area (Å²) in [5.41, 5.74) is 0.572. The number of aromatic nitrogens is 4. The molecule has 0 aromatic carbocycles. The molecule has 1 aliphatic carbocycles. The Kier molecular flexibility index (Phi) is 1.66. The van der Waals surface area contributed by atoms with Crippen molar-refractivity contribution in [3.8, 4) is 0 Å². The van der Waals surface area contributed by atoms with Crippen LogP contribution in [0.2, 0.25) is 0 Å². The molecule has 6 heteroatoms. The second kappa shape index (κ2) is 2.84. The second-order valence-corrected chi connectivity index (χ2v) is 4.26. The van der Waals surface area contributed by atoms with Crippen molar-refractivity contribution < 1.29 is 0 Å². The van der Waals surface area contributed by atoms with Gasteiger partial charge in [-0.15, -0.1) is 0 Å². The zero-order valence-corrected chi connectivity index (χ0v) is 9.17. The van der Waals surface area contributed by atoms with E-state index in [-0.39, 0.29) is 11.2 Å². The fourth-order valence-electron chi connectivity index (χ4n) is 1.98. The lowest BCUT2D eigenvalue weighted by molar-refractivity contribution is 0.650. The third-order valence-electron chi connectivity index (χ3n) is 3.11. The van der Waals surface area contributed by atoms with Crippen LogP contribution in [-0.4, -0.2) is 18.9 Å². The molecule has 1 fully saturated rings. The summed E-state index contributed by atoms with van der Waals surface area (Å²) in [7, 11) is 3.15. The third kappa shape index (κ3) is 1.04. The first kappa shape index (κ1) is 9.38. The largest absolute Gasteiger partial charge is 0.331 e. The van der Waals surface area contributed by atoms with Gasteiger partial charge in [0, 0.05) is 14.1 Å². The van der Waals surface area contributed by atoms with Gasteiger partial charge in [-0.1, -0.05) is 0 Å². The lowest BCUT2D eigenvalue weighted by Crippen LogP contribution is -2.37. The molecule has 0 N–H and O–H groups in total. The third-order valence-corrected chi connectivity index (χ3v) is 3.11. The number of fused-ring (bicyclic) bond motifs is 1. The molecule has 84 valence electrons. The number of hydrogen-bond donors (Lipinski definition) is 0. The summed E-state index contributed by atoms with van der Waals surface area (Å²) in [6, 6.07) is 0.336. The minimum Gasteiger partial charge on any atom is -0.293 e. The average molecular weight is 220 g/mol. The van der Waals surface area contributed by atoms with Gasteiger partial charge in [-0.3, -0.25) is 18.6 Å². The minimum absolute atomic E-state index is 0.262. The van der Waals surface area contributed by atoms with Crippen LogP contribution in [0, 0.1) is 0 Å². The van der Waals surface area contributed by atoms with Gasteiger partial charge in [-0.25, -0.2) is 4.79 Å². The van der Waals surface area contributed by atoms with Crippen LogP contribution in [0.1, 0.15) is 18.9 Å². The zero-order chi connectivity index (χ0) is 11.4. The van der Waals surface area contributed by atoms with Crippen molar-refractivity contribution in [2.75, 3.05) is 0 Å². The summed E-state index contributed by atoms with van der Waals surface area (Å²) in [6.07, 6.45) is 3.71. The first-order valence-electron chi connectivity index (χ1n) is 5.24. The van der Waals surface area contributed by atoms with Gasteiger partial charge < -0.3 is 0 Å². The van der Waals surface area contributed by atoms with Gasteiger partial charge in [0.1, 0.15) is 0 Å². The lowest BCUT2D eigenvalue weighted by Gasteiger charge is -2.04. The molecule has 0 aliphatic heterocycles. The van der Waals surface area contributed by atoms with E-state index in [0.29, 0.717) is 17.1 Å². The van der Waals surface area contributed by atoms with E-state index in [1.807, 2.05) is 0 Å². The lowest BCUT2D eigenvalue weighted by atomic mass is 10.4. The highest BCUT2D eigenvalue weighted by Crippen LogP contribution is 2.35. The van der Waals surface area contributed by atoms with Gasteiger partial charge in [-0.05, 0) is 12.8 Å². The van der Waals surface area contributed by atoms with Crippen molar-refractivity contribution >= 4 is 11.0 Å². The molecule has 16 heavy (non-hydrogen) atoms. The Labute approximate surface area is 90.7 Å². The minimum atomic E-state index is -0.312. The molecule has 6 nitrogen and oxygen atoms in total. The van der Waals surface area contributed by atoms with E-state index in [9.17, 15) is 9.59 Å². The van der Waals surface area contributed by atoms with Crippen LogP contribution in [-0.2, 0) is 14.1 Å². The highest BCUT2D eigenvalue weighted by molar-refractivity contribution is 5.73. The van der Waals surface area contributed by atoms with E-state index < -0.39 is 0 Å². The smallest absolute Gasteiger partial charge is 0.293 e. The van der Waals surface area contributed by atoms with Gasteiger partial charge in [0.05, 0.1) is 17.8 Å². The number of hydrogen-bond acceptors (Lipinski definition) is 3. The fourth-order valence-corrected chi connectivity index (χ4v) is 1.98. The molecule has 3 rings (SSSR count). The normalized spacial score (nSPS) is 15.9. The Morgan fingerprint density at radius 1 is 1.25 bits per heavy atom. The van der Waals surface area contributed by atoms with Crippen LogP contribution in [0.3, 0.4) is 0 Å². The average Bonchev–Trinajstić information content (AvgIpc) is 3.03. The van der Waals surface area contributed by atoms with Gasteiger partial charge in [0.15, 0.2) is 5.52 Å². The number of aryl methyl sites for hydroxylation is 1. The van der Waals surface area contributed by atoms with E-state index in [1.54, 1.807) is 17.9 Å². The predicted octanol–water partition coefficient (Wildman–Crippen LogP) is -0.231. The molecule has 0 atom stereocenters. The van der Waals surface area contributed by atoms with E-state index in [0.717, 1.165) is 17.4 Å². The van der Waals surface area contributed by atoms with Crippen LogP contribution in [0.5, 0.6) is 0 Å². The first-order valence-corrected chi connectivity index (χ1v) is 5.24. The monoisotopic (exact) mass is 220 g/mol. The molecule has 0 saturated heterocycles. The molecule has 2 aromatic rings. The molecule has 1 aliphatic rings. The van der Waals surface area contributed by atoms with E-state index in [2.05, 4.69) is 5.10 Å². The maximum atomic E-state index is 12.0. The Morgan fingerprint density at radius 3 is 2.56 bits per heavy atom. The Bertz CT molecular complexity index is 687. The maximum absolute atomic E-state index is 12.0. The summed E-state index contributed by atoms with van der Waals surface area (Å²) in [5, 5.41) is 4.20. The van der Waals surface area contributed by atoms with Gasteiger partial charge >= 0.3 is 5.69 Å². The van der Waals surface area contributed by atoms with E-state index >= 15 is 0 Å². The molecule has 0 amide bonds. The highest BCUT2D eigenvalue weighted by Gasteiger charge is 2.28. The van der Waals surface area contributed by atoms with Gasteiger partial charge in [0.25, 0.3) is 5.56 Å². The molecule has 2 aromatic heterocycles. The Morgan fingerprint density at radius 2 is 1.94 bits per heavy atom. The van der Waals surface area contributed by atoms with Crippen LogP contribution in [0.4, 0.5) is 0 Å². The highest BCUT2D eigenvalue weighted by atomic mass is 16.2.